The fraction of sp³-hybridized carbons (Fsp3) is 0.357. The molecule has 0 unspecified atom stereocenters. The van der Waals surface area contributed by atoms with Crippen LogP contribution in [0.25, 0.3) is 11.3 Å². The van der Waals surface area contributed by atoms with Crippen LogP contribution >= 0.6 is 11.6 Å². The van der Waals surface area contributed by atoms with Gasteiger partial charge in [0.15, 0.2) is 17.3 Å². The summed E-state index contributed by atoms with van der Waals surface area (Å²) in [5, 5.41) is 3.87. The Hall–Kier alpha value is -1.68. The van der Waals surface area contributed by atoms with Crippen LogP contribution in [0.2, 0.25) is 0 Å². The van der Waals surface area contributed by atoms with Gasteiger partial charge in [0.1, 0.15) is 0 Å². The van der Waals surface area contributed by atoms with E-state index in [1.54, 1.807) is 0 Å². The van der Waals surface area contributed by atoms with E-state index in [0.717, 1.165) is 11.3 Å². The zero-order valence-corrected chi connectivity index (χ0v) is 11.7. The highest BCUT2D eigenvalue weighted by Crippen LogP contribution is 2.33. The third kappa shape index (κ3) is 3.20. The molecule has 19 heavy (non-hydrogen) atoms. The molecule has 0 aliphatic heterocycles. The molecule has 1 heterocycles. The van der Waals surface area contributed by atoms with Crippen LogP contribution < -0.4 is 9.47 Å². The van der Waals surface area contributed by atoms with Crippen molar-refractivity contribution >= 4 is 11.6 Å². The van der Waals surface area contributed by atoms with Crippen molar-refractivity contribution in [3.63, 3.8) is 0 Å². The number of hydrogen-bond acceptors (Lipinski definition) is 4. The van der Waals surface area contributed by atoms with E-state index in [1.165, 1.54) is 0 Å². The first kappa shape index (κ1) is 13.7. The molecule has 5 heteroatoms. The number of rotatable bonds is 6. The molecule has 4 nitrogen and oxygen atoms in total. The number of ether oxygens (including phenoxy) is 2. The number of alkyl halides is 1. The Bertz CT molecular complexity index is 539. The van der Waals surface area contributed by atoms with Gasteiger partial charge in [-0.1, -0.05) is 5.16 Å². The van der Waals surface area contributed by atoms with Crippen molar-refractivity contribution in [1.29, 1.82) is 0 Å². The lowest BCUT2D eigenvalue weighted by atomic mass is 10.1. The summed E-state index contributed by atoms with van der Waals surface area (Å²) < 4.78 is 16.3. The summed E-state index contributed by atoms with van der Waals surface area (Å²) in [5.41, 5.74) is 1.60. The molecule has 2 aromatic rings. The minimum absolute atomic E-state index is 0.332. The Morgan fingerprint density at radius 3 is 2.47 bits per heavy atom. The van der Waals surface area contributed by atoms with Crippen molar-refractivity contribution in [1.82, 2.24) is 5.16 Å². The summed E-state index contributed by atoms with van der Waals surface area (Å²) in [6, 6.07) is 7.48. The molecule has 0 bridgehead atoms. The van der Waals surface area contributed by atoms with Crippen LogP contribution in [-0.2, 0) is 5.88 Å². The molecule has 0 aliphatic carbocycles. The number of halogens is 1. The van der Waals surface area contributed by atoms with Gasteiger partial charge in [0.25, 0.3) is 0 Å². The van der Waals surface area contributed by atoms with Crippen LogP contribution in [0.3, 0.4) is 0 Å². The van der Waals surface area contributed by atoms with Gasteiger partial charge in [-0.25, -0.2) is 0 Å². The summed E-state index contributed by atoms with van der Waals surface area (Å²) in [6.07, 6.45) is 0. The van der Waals surface area contributed by atoms with E-state index in [-0.39, 0.29) is 0 Å². The van der Waals surface area contributed by atoms with Gasteiger partial charge in [0, 0.05) is 11.6 Å². The van der Waals surface area contributed by atoms with Gasteiger partial charge in [-0.2, -0.15) is 0 Å². The fourth-order valence-corrected chi connectivity index (χ4v) is 1.84. The molecule has 0 amide bonds. The number of benzene rings is 1. The molecule has 0 saturated carbocycles. The first-order chi connectivity index (χ1) is 9.28. The maximum Gasteiger partial charge on any atom is 0.167 e. The zero-order chi connectivity index (χ0) is 13.7. The van der Waals surface area contributed by atoms with Gasteiger partial charge < -0.3 is 14.0 Å². The maximum atomic E-state index is 5.71. The lowest BCUT2D eigenvalue weighted by molar-refractivity contribution is 0.288. The predicted octanol–water partition coefficient (Wildman–Crippen LogP) is 3.88. The molecule has 0 radical (unpaired) electrons. The Morgan fingerprint density at radius 1 is 1.11 bits per heavy atom. The second-order valence-corrected chi connectivity index (χ2v) is 4.11. The molecule has 1 aromatic heterocycles. The first-order valence-corrected chi connectivity index (χ1v) is 6.73. The van der Waals surface area contributed by atoms with Gasteiger partial charge in [0.2, 0.25) is 0 Å². The zero-order valence-electron chi connectivity index (χ0n) is 11.0. The number of hydrogen-bond donors (Lipinski definition) is 0. The minimum atomic E-state index is 0.332. The van der Waals surface area contributed by atoms with Crippen LogP contribution in [0.15, 0.2) is 28.8 Å². The molecule has 1 aromatic carbocycles. The number of aromatic nitrogens is 1. The minimum Gasteiger partial charge on any atom is -0.490 e. The Labute approximate surface area is 117 Å². The van der Waals surface area contributed by atoms with Gasteiger partial charge in [0.05, 0.1) is 24.8 Å². The van der Waals surface area contributed by atoms with Crippen molar-refractivity contribution in [2.24, 2.45) is 0 Å². The average molecular weight is 282 g/mol. The topological polar surface area (TPSA) is 44.5 Å². The van der Waals surface area contributed by atoms with Crippen molar-refractivity contribution in [2.45, 2.75) is 19.7 Å². The largest absolute Gasteiger partial charge is 0.490 e. The standard InChI is InChI=1S/C14H16ClNO3/c1-3-17-12-6-5-10(7-14(12)18-4-2)13-8-11(9-15)16-19-13/h5-8H,3-4,9H2,1-2H3. The van der Waals surface area contributed by atoms with Gasteiger partial charge in [-0.15, -0.1) is 11.6 Å². The summed E-state index contributed by atoms with van der Waals surface area (Å²) >= 11 is 5.71. The molecule has 0 saturated heterocycles. The molecule has 0 spiro atoms. The second-order valence-electron chi connectivity index (χ2n) is 3.84. The maximum absolute atomic E-state index is 5.71. The molecule has 2 rings (SSSR count). The third-order valence-electron chi connectivity index (χ3n) is 2.52. The quantitative estimate of drug-likeness (QED) is 0.754. The predicted molar refractivity (Wildman–Crippen MR) is 73.8 cm³/mol. The van der Waals surface area contributed by atoms with E-state index in [4.69, 9.17) is 25.6 Å². The van der Waals surface area contributed by atoms with E-state index in [0.29, 0.717) is 36.3 Å². The molecule has 0 aliphatic rings. The van der Waals surface area contributed by atoms with Crippen LogP contribution in [0, 0.1) is 0 Å². The fourth-order valence-electron chi connectivity index (χ4n) is 1.72. The van der Waals surface area contributed by atoms with Crippen molar-refractivity contribution < 1.29 is 14.0 Å². The Morgan fingerprint density at radius 2 is 1.84 bits per heavy atom. The van der Waals surface area contributed by atoms with Crippen LogP contribution in [0.5, 0.6) is 11.5 Å². The van der Waals surface area contributed by atoms with Gasteiger partial charge >= 0.3 is 0 Å². The smallest absolute Gasteiger partial charge is 0.167 e. The summed E-state index contributed by atoms with van der Waals surface area (Å²) in [5.74, 6) is 2.43. The SMILES string of the molecule is CCOc1ccc(-c2cc(CCl)no2)cc1OCC. The van der Waals surface area contributed by atoms with E-state index in [1.807, 2.05) is 38.1 Å². The average Bonchev–Trinajstić information content (AvgIpc) is 2.90. The molecular weight excluding hydrogens is 266 g/mol. The Balaban J connectivity index is 2.33. The summed E-state index contributed by atoms with van der Waals surface area (Å²) in [4.78, 5) is 0. The first-order valence-electron chi connectivity index (χ1n) is 6.20. The summed E-state index contributed by atoms with van der Waals surface area (Å²) in [7, 11) is 0. The lowest BCUT2D eigenvalue weighted by Gasteiger charge is -2.11. The Kier molecular flexibility index (Phi) is 4.68. The molecule has 0 N–H and O–H groups in total. The normalized spacial score (nSPS) is 10.5. The van der Waals surface area contributed by atoms with E-state index >= 15 is 0 Å². The van der Waals surface area contributed by atoms with Crippen LogP contribution in [0.4, 0.5) is 0 Å². The highest BCUT2D eigenvalue weighted by Gasteiger charge is 2.11. The van der Waals surface area contributed by atoms with Gasteiger partial charge in [-0.05, 0) is 32.0 Å². The second kappa shape index (κ2) is 6.48. The number of nitrogens with zero attached hydrogens (tertiary/aromatic N) is 1. The molecular formula is C14H16ClNO3. The summed E-state index contributed by atoms with van der Waals surface area (Å²) in [6.45, 7) is 5.04. The van der Waals surface area contributed by atoms with E-state index in [9.17, 15) is 0 Å². The van der Waals surface area contributed by atoms with Crippen molar-refractivity contribution in [2.75, 3.05) is 13.2 Å². The molecule has 102 valence electrons. The van der Waals surface area contributed by atoms with Crippen molar-refractivity contribution in [3.05, 3.63) is 30.0 Å². The highest BCUT2D eigenvalue weighted by molar-refractivity contribution is 6.16. The molecule has 0 atom stereocenters. The highest BCUT2D eigenvalue weighted by atomic mass is 35.5. The van der Waals surface area contributed by atoms with E-state index in [2.05, 4.69) is 5.16 Å². The van der Waals surface area contributed by atoms with Crippen LogP contribution in [-0.4, -0.2) is 18.4 Å². The molecule has 0 fully saturated rings. The van der Waals surface area contributed by atoms with Gasteiger partial charge in [-0.3, -0.25) is 0 Å². The van der Waals surface area contributed by atoms with Crippen LogP contribution in [0.1, 0.15) is 19.5 Å². The van der Waals surface area contributed by atoms with Crippen molar-refractivity contribution in [3.8, 4) is 22.8 Å². The third-order valence-corrected chi connectivity index (χ3v) is 2.80. The lowest BCUT2D eigenvalue weighted by Crippen LogP contribution is -1.98. The monoisotopic (exact) mass is 281 g/mol. The van der Waals surface area contributed by atoms with E-state index < -0.39 is 0 Å².